The number of likely N-dealkylation sites (N-methyl/N-ethyl adjacent to an activating group) is 1. The van der Waals surface area contributed by atoms with Gasteiger partial charge in [-0.1, -0.05) is 0 Å². The molecule has 94 valence electrons. The van der Waals surface area contributed by atoms with Crippen molar-refractivity contribution in [3.63, 3.8) is 0 Å². The molecule has 1 fully saturated rings. The Hall–Kier alpha value is -1.33. The minimum absolute atomic E-state index is 0.337. The third-order valence-electron chi connectivity index (χ3n) is 3.17. The molecule has 0 radical (unpaired) electrons. The van der Waals surface area contributed by atoms with Crippen molar-refractivity contribution in [3.05, 3.63) is 28.3 Å². The minimum Gasteiger partial charge on any atom is -0.502 e. The molecular formula is C12H18N2O3. The third-order valence-corrected chi connectivity index (χ3v) is 3.17. The van der Waals surface area contributed by atoms with Gasteiger partial charge in [0.05, 0.1) is 6.54 Å². The van der Waals surface area contributed by atoms with Crippen LogP contribution in [0.5, 0.6) is 5.75 Å². The van der Waals surface area contributed by atoms with Crippen molar-refractivity contribution in [3.8, 4) is 5.75 Å². The first-order valence-electron chi connectivity index (χ1n) is 5.88. The van der Waals surface area contributed by atoms with Gasteiger partial charge >= 0.3 is 0 Å². The lowest BCUT2D eigenvalue weighted by Crippen LogP contribution is -2.43. The zero-order valence-electron chi connectivity index (χ0n) is 9.98. The zero-order valence-corrected chi connectivity index (χ0v) is 9.98. The summed E-state index contributed by atoms with van der Waals surface area (Å²) in [6, 6.07) is 1.82. The highest BCUT2D eigenvalue weighted by Gasteiger charge is 2.18. The number of hydrogen-bond donors (Lipinski definition) is 2. The molecule has 1 unspecified atom stereocenters. The Morgan fingerprint density at radius 1 is 1.65 bits per heavy atom. The molecule has 0 bridgehead atoms. The molecule has 1 saturated heterocycles. The maximum absolute atomic E-state index is 11.3. The Labute approximate surface area is 100 Å². The molecule has 0 spiro atoms. The number of piperidine rings is 1. The second-order valence-electron chi connectivity index (χ2n) is 4.51. The molecule has 0 amide bonds. The minimum atomic E-state index is -0.388. The van der Waals surface area contributed by atoms with Crippen molar-refractivity contribution in [2.75, 3.05) is 20.1 Å². The Morgan fingerprint density at radius 3 is 3.12 bits per heavy atom. The Kier molecular flexibility index (Phi) is 3.81. The summed E-state index contributed by atoms with van der Waals surface area (Å²) in [6.07, 6.45) is 3.44. The summed E-state index contributed by atoms with van der Waals surface area (Å²) in [7, 11) is 2.02. The smallest absolute Gasteiger partial charge is 0.226 e. The Bertz CT molecular complexity index is 424. The van der Waals surface area contributed by atoms with Gasteiger partial charge in [-0.3, -0.25) is 9.69 Å². The second-order valence-corrected chi connectivity index (χ2v) is 4.51. The van der Waals surface area contributed by atoms with Gasteiger partial charge < -0.3 is 14.8 Å². The number of hydrogen-bond acceptors (Lipinski definition) is 5. The Balaban J connectivity index is 1.99. The highest BCUT2D eigenvalue weighted by atomic mass is 16.4. The van der Waals surface area contributed by atoms with Gasteiger partial charge in [0.1, 0.15) is 12.0 Å². The molecule has 2 N–H and O–H groups in total. The van der Waals surface area contributed by atoms with Gasteiger partial charge in [-0.15, -0.1) is 0 Å². The Morgan fingerprint density at radius 2 is 2.47 bits per heavy atom. The molecule has 17 heavy (non-hydrogen) atoms. The van der Waals surface area contributed by atoms with Crippen LogP contribution in [0, 0.1) is 0 Å². The summed E-state index contributed by atoms with van der Waals surface area (Å²) in [5, 5.41) is 12.4. The van der Waals surface area contributed by atoms with E-state index < -0.39 is 0 Å². The summed E-state index contributed by atoms with van der Waals surface area (Å²) in [6.45, 7) is 2.64. The predicted octanol–water partition coefficient (Wildman–Crippen LogP) is 0.529. The summed E-state index contributed by atoms with van der Waals surface area (Å²) in [5.74, 6) is 0.247. The van der Waals surface area contributed by atoms with Crippen molar-refractivity contribution in [2.45, 2.75) is 25.4 Å². The number of nitrogens with zero attached hydrogens (tertiary/aromatic N) is 1. The lowest BCUT2D eigenvalue weighted by Gasteiger charge is -2.31. The highest BCUT2D eigenvalue weighted by Crippen LogP contribution is 2.12. The van der Waals surface area contributed by atoms with Crippen LogP contribution in [0.2, 0.25) is 0 Å². The van der Waals surface area contributed by atoms with Crippen LogP contribution >= 0.6 is 0 Å². The van der Waals surface area contributed by atoms with Crippen molar-refractivity contribution < 1.29 is 9.52 Å². The fraction of sp³-hybridized carbons (Fsp3) is 0.583. The van der Waals surface area contributed by atoms with Crippen molar-refractivity contribution in [1.29, 1.82) is 0 Å². The fourth-order valence-corrected chi connectivity index (χ4v) is 2.11. The maximum atomic E-state index is 11.3. The zero-order chi connectivity index (χ0) is 12.3. The average Bonchev–Trinajstić information content (AvgIpc) is 2.35. The van der Waals surface area contributed by atoms with E-state index in [9.17, 15) is 4.79 Å². The largest absolute Gasteiger partial charge is 0.502 e. The van der Waals surface area contributed by atoms with Crippen LogP contribution in [-0.4, -0.2) is 36.2 Å². The SMILES string of the molecule is CN(Cc1cc(=O)c(O)co1)C1CCCNC1. The lowest BCUT2D eigenvalue weighted by atomic mass is 10.1. The molecule has 5 heteroatoms. The van der Waals surface area contributed by atoms with Crippen LogP contribution < -0.4 is 10.7 Å². The second kappa shape index (κ2) is 5.33. The van der Waals surface area contributed by atoms with E-state index in [2.05, 4.69) is 10.2 Å². The van der Waals surface area contributed by atoms with Gasteiger partial charge in [0, 0.05) is 18.7 Å². The van der Waals surface area contributed by atoms with E-state index in [1.54, 1.807) is 0 Å². The van der Waals surface area contributed by atoms with E-state index in [0.29, 0.717) is 18.3 Å². The van der Waals surface area contributed by atoms with Crippen LogP contribution in [-0.2, 0) is 6.54 Å². The van der Waals surface area contributed by atoms with Crippen LogP contribution in [0.4, 0.5) is 0 Å². The van der Waals surface area contributed by atoms with Crippen LogP contribution in [0.3, 0.4) is 0 Å². The molecule has 1 aliphatic heterocycles. The molecular weight excluding hydrogens is 220 g/mol. The van der Waals surface area contributed by atoms with Gasteiger partial charge in [-0.05, 0) is 26.4 Å². The van der Waals surface area contributed by atoms with Crippen molar-refractivity contribution in [2.24, 2.45) is 0 Å². The molecule has 0 aliphatic carbocycles. The molecule has 1 aromatic rings. The van der Waals surface area contributed by atoms with Gasteiger partial charge in [0.2, 0.25) is 5.43 Å². The maximum Gasteiger partial charge on any atom is 0.226 e. The molecule has 0 saturated carbocycles. The average molecular weight is 238 g/mol. The van der Waals surface area contributed by atoms with E-state index in [0.717, 1.165) is 25.8 Å². The normalized spacial score (nSPS) is 20.7. The van der Waals surface area contributed by atoms with Gasteiger partial charge in [-0.25, -0.2) is 0 Å². The van der Waals surface area contributed by atoms with E-state index in [-0.39, 0.29) is 11.2 Å². The van der Waals surface area contributed by atoms with Crippen molar-refractivity contribution >= 4 is 0 Å². The fourth-order valence-electron chi connectivity index (χ4n) is 2.11. The molecule has 0 aromatic carbocycles. The first-order valence-corrected chi connectivity index (χ1v) is 5.88. The van der Waals surface area contributed by atoms with Gasteiger partial charge in [0.25, 0.3) is 0 Å². The lowest BCUT2D eigenvalue weighted by molar-refractivity contribution is 0.181. The van der Waals surface area contributed by atoms with E-state index >= 15 is 0 Å². The highest BCUT2D eigenvalue weighted by molar-refractivity contribution is 5.15. The number of rotatable bonds is 3. The first kappa shape index (κ1) is 12.1. The molecule has 5 nitrogen and oxygen atoms in total. The summed E-state index contributed by atoms with van der Waals surface area (Å²) >= 11 is 0. The van der Waals surface area contributed by atoms with Gasteiger partial charge in [-0.2, -0.15) is 0 Å². The summed E-state index contributed by atoms with van der Waals surface area (Å²) < 4.78 is 5.19. The van der Waals surface area contributed by atoms with E-state index in [1.165, 1.54) is 12.5 Å². The van der Waals surface area contributed by atoms with Gasteiger partial charge in [0.15, 0.2) is 5.75 Å². The molecule has 2 rings (SSSR count). The number of nitrogens with one attached hydrogen (secondary N) is 1. The molecule has 1 aliphatic rings. The quantitative estimate of drug-likeness (QED) is 0.804. The monoisotopic (exact) mass is 238 g/mol. The van der Waals surface area contributed by atoms with Crippen LogP contribution in [0.15, 0.2) is 21.5 Å². The summed E-state index contributed by atoms with van der Waals surface area (Å²) in [4.78, 5) is 13.4. The topological polar surface area (TPSA) is 65.7 Å². The molecule has 1 atom stereocenters. The van der Waals surface area contributed by atoms with Crippen LogP contribution in [0.1, 0.15) is 18.6 Å². The molecule has 1 aromatic heterocycles. The first-order chi connectivity index (χ1) is 8.16. The summed E-state index contributed by atoms with van der Waals surface area (Å²) in [5.41, 5.74) is -0.388. The van der Waals surface area contributed by atoms with E-state index in [4.69, 9.17) is 9.52 Å². The third kappa shape index (κ3) is 3.08. The number of aromatic hydroxyl groups is 1. The van der Waals surface area contributed by atoms with Crippen molar-refractivity contribution in [1.82, 2.24) is 10.2 Å². The van der Waals surface area contributed by atoms with E-state index in [1.807, 2.05) is 7.05 Å². The standard InChI is InChI=1S/C12H18N2O3/c1-14(9-3-2-4-13-6-9)7-10-5-11(15)12(16)8-17-10/h5,8-9,13,16H,2-4,6-7H2,1H3. The van der Waals surface area contributed by atoms with Crippen LogP contribution in [0.25, 0.3) is 0 Å². The predicted molar refractivity (Wildman–Crippen MR) is 64.0 cm³/mol. The molecule has 2 heterocycles.